The third kappa shape index (κ3) is 5.07. The molecule has 24 heavy (non-hydrogen) atoms. The molecule has 3 rings (SSSR count). The predicted octanol–water partition coefficient (Wildman–Crippen LogP) is 2.57. The van der Waals surface area contributed by atoms with Crippen LogP contribution in [0.4, 0.5) is 0 Å². The van der Waals surface area contributed by atoms with Crippen LogP contribution in [0.1, 0.15) is 24.0 Å². The molecule has 0 saturated carbocycles. The van der Waals surface area contributed by atoms with Crippen molar-refractivity contribution in [2.75, 3.05) is 33.4 Å². The van der Waals surface area contributed by atoms with Gasteiger partial charge in [0.2, 0.25) is 0 Å². The van der Waals surface area contributed by atoms with Gasteiger partial charge < -0.3 is 19.7 Å². The van der Waals surface area contributed by atoms with E-state index in [9.17, 15) is 0 Å². The topological polar surface area (TPSA) is 46.1 Å². The molecular formula is C18H28IN3O2. The maximum Gasteiger partial charge on any atom is 0.194 e. The summed E-state index contributed by atoms with van der Waals surface area (Å²) < 4.78 is 11.7. The molecule has 2 saturated heterocycles. The van der Waals surface area contributed by atoms with Gasteiger partial charge in [-0.25, -0.2) is 0 Å². The van der Waals surface area contributed by atoms with Crippen LogP contribution in [-0.2, 0) is 16.0 Å². The third-order valence-corrected chi connectivity index (χ3v) is 4.52. The number of rotatable bonds is 3. The summed E-state index contributed by atoms with van der Waals surface area (Å²) in [5.41, 5.74) is 2.55. The van der Waals surface area contributed by atoms with E-state index in [1.165, 1.54) is 11.1 Å². The summed E-state index contributed by atoms with van der Waals surface area (Å²) >= 11 is 0. The van der Waals surface area contributed by atoms with Gasteiger partial charge in [-0.2, -0.15) is 0 Å². The van der Waals surface area contributed by atoms with Crippen LogP contribution in [0.3, 0.4) is 0 Å². The molecule has 0 amide bonds. The van der Waals surface area contributed by atoms with Crippen molar-refractivity contribution in [1.29, 1.82) is 0 Å². The second-order valence-electron chi connectivity index (χ2n) is 6.30. The Hall–Kier alpha value is -0.860. The normalized spacial score (nSPS) is 24.6. The standard InChI is InChI=1S/C18H27N3O2.HI/c1-14-5-3-6-15(11-14)12-20-18(19-2)21-8-10-23-17(13-21)16-7-4-9-22-16;/h3,5-6,11,16-17H,4,7-10,12-13H2,1-2H3,(H,19,20);1H. The third-order valence-electron chi connectivity index (χ3n) is 4.52. The fourth-order valence-corrected chi connectivity index (χ4v) is 3.32. The maximum absolute atomic E-state index is 5.92. The highest BCUT2D eigenvalue weighted by molar-refractivity contribution is 14.0. The monoisotopic (exact) mass is 445 g/mol. The highest BCUT2D eigenvalue weighted by Gasteiger charge is 2.32. The number of hydrogen-bond acceptors (Lipinski definition) is 3. The summed E-state index contributed by atoms with van der Waals surface area (Å²) in [5, 5.41) is 3.47. The van der Waals surface area contributed by atoms with E-state index in [4.69, 9.17) is 9.47 Å². The minimum atomic E-state index is 0. The first-order valence-electron chi connectivity index (χ1n) is 8.50. The molecule has 2 aliphatic rings. The number of nitrogens with one attached hydrogen (secondary N) is 1. The number of guanidine groups is 1. The number of morpholine rings is 1. The van der Waals surface area contributed by atoms with Gasteiger partial charge in [0.05, 0.1) is 12.7 Å². The van der Waals surface area contributed by atoms with Crippen LogP contribution >= 0.6 is 24.0 Å². The molecule has 0 radical (unpaired) electrons. The molecule has 1 aromatic carbocycles. The van der Waals surface area contributed by atoms with Gasteiger partial charge in [0.25, 0.3) is 0 Å². The van der Waals surface area contributed by atoms with Crippen LogP contribution in [0.5, 0.6) is 0 Å². The summed E-state index contributed by atoms with van der Waals surface area (Å²) in [7, 11) is 1.84. The van der Waals surface area contributed by atoms with Crippen molar-refractivity contribution in [3.8, 4) is 0 Å². The molecule has 2 atom stereocenters. The lowest BCUT2D eigenvalue weighted by atomic mass is 10.1. The maximum atomic E-state index is 5.92. The minimum Gasteiger partial charge on any atom is -0.375 e. The van der Waals surface area contributed by atoms with E-state index in [0.29, 0.717) is 0 Å². The summed E-state index contributed by atoms with van der Waals surface area (Å²) in [6, 6.07) is 8.56. The zero-order chi connectivity index (χ0) is 16.1. The number of nitrogens with zero attached hydrogens (tertiary/aromatic N) is 2. The molecule has 0 spiro atoms. The zero-order valence-corrected chi connectivity index (χ0v) is 16.9. The summed E-state index contributed by atoms with van der Waals surface area (Å²) in [5.74, 6) is 0.942. The van der Waals surface area contributed by atoms with Gasteiger partial charge in [-0.05, 0) is 25.3 Å². The Morgan fingerprint density at radius 3 is 2.83 bits per heavy atom. The van der Waals surface area contributed by atoms with E-state index >= 15 is 0 Å². The lowest BCUT2D eigenvalue weighted by molar-refractivity contribution is -0.0817. The number of ether oxygens (including phenoxy) is 2. The lowest BCUT2D eigenvalue weighted by Crippen LogP contribution is -2.53. The molecule has 1 aromatic rings. The van der Waals surface area contributed by atoms with Crippen molar-refractivity contribution in [1.82, 2.24) is 10.2 Å². The van der Waals surface area contributed by atoms with Gasteiger partial charge in [-0.15, -0.1) is 24.0 Å². The van der Waals surface area contributed by atoms with Crippen molar-refractivity contribution < 1.29 is 9.47 Å². The van der Waals surface area contributed by atoms with E-state index < -0.39 is 0 Å². The summed E-state index contributed by atoms with van der Waals surface area (Å²) in [4.78, 5) is 6.73. The van der Waals surface area contributed by atoms with Gasteiger partial charge in [0, 0.05) is 33.3 Å². The molecular weight excluding hydrogens is 417 g/mol. The number of aryl methyl sites for hydroxylation is 1. The Kier molecular flexibility index (Phi) is 7.77. The number of halogens is 1. The number of hydrogen-bond donors (Lipinski definition) is 1. The highest BCUT2D eigenvalue weighted by Crippen LogP contribution is 2.21. The summed E-state index contributed by atoms with van der Waals surface area (Å²) in [6.45, 7) is 6.22. The predicted molar refractivity (Wildman–Crippen MR) is 107 cm³/mol. The lowest BCUT2D eigenvalue weighted by Gasteiger charge is -2.37. The SMILES string of the molecule is CN=C(NCc1cccc(C)c1)N1CCOC(C2CCCO2)C1.I. The Morgan fingerprint density at radius 1 is 1.29 bits per heavy atom. The van der Waals surface area contributed by atoms with Crippen molar-refractivity contribution in [2.24, 2.45) is 4.99 Å². The largest absolute Gasteiger partial charge is 0.375 e. The van der Waals surface area contributed by atoms with Crippen molar-refractivity contribution in [2.45, 2.75) is 38.5 Å². The quantitative estimate of drug-likeness (QED) is 0.442. The molecule has 1 N–H and O–H groups in total. The summed E-state index contributed by atoms with van der Waals surface area (Å²) in [6.07, 6.45) is 2.65. The van der Waals surface area contributed by atoms with Gasteiger partial charge in [0.1, 0.15) is 6.10 Å². The van der Waals surface area contributed by atoms with Crippen LogP contribution in [0.2, 0.25) is 0 Å². The second kappa shape index (κ2) is 9.58. The first-order valence-corrected chi connectivity index (χ1v) is 8.50. The van der Waals surface area contributed by atoms with Crippen molar-refractivity contribution in [3.05, 3.63) is 35.4 Å². The smallest absolute Gasteiger partial charge is 0.194 e. The first kappa shape index (κ1) is 19.5. The molecule has 0 aromatic heterocycles. The molecule has 0 bridgehead atoms. The molecule has 134 valence electrons. The van der Waals surface area contributed by atoms with Gasteiger partial charge in [0.15, 0.2) is 5.96 Å². The van der Waals surface area contributed by atoms with Gasteiger partial charge >= 0.3 is 0 Å². The highest BCUT2D eigenvalue weighted by atomic mass is 127. The Morgan fingerprint density at radius 2 is 2.12 bits per heavy atom. The minimum absolute atomic E-state index is 0. The van der Waals surface area contributed by atoms with Gasteiger partial charge in [-0.3, -0.25) is 4.99 Å². The molecule has 2 unspecified atom stereocenters. The molecule has 6 heteroatoms. The Balaban J connectivity index is 0.00000208. The van der Waals surface area contributed by atoms with Crippen molar-refractivity contribution >= 4 is 29.9 Å². The van der Waals surface area contributed by atoms with E-state index in [2.05, 4.69) is 46.4 Å². The fourth-order valence-electron chi connectivity index (χ4n) is 3.32. The van der Waals surface area contributed by atoms with Crippen LogP contribution in [0, 0.1) is 6.92 Å². The van der Waals surface area contributed by atoms with E-state index in [0.717, 1.165) is 51.6 Å². The Bertz CT molecular complexity index is 547. The van der Waals surface area contributed by atoms with E-state index in [-0.39, 0.29) is 36.2 Å². The second-order valence-corrected chi connectivity index (χ2v) is 6.30. The van der Waals surface area contributed by atoms with Crippen LogP contribution in [0.15, 0.2) is 29.3 Å². The average Bonchev–Trinajstić information content (AvgIpc) is 3.10. The zero-order valence-electron chi connectivity index (χ0n) is 14.5. The Labute approximate surface area is 161 Å². The van der Waals surface area contributed by atoms with E-state index in [1.807, 2.05) is 7.05 Å². The number of aliphatic imine (C=N–C) groups is 1. The average molecular weight is 445 g/mol. The molecule has 2 aliphatic heterocycles. The van der Waals surface area contributed by atoms with Crippen LogP contribution in [-0.4, -0.2) is 56.4 Å². The molecule has 2 heterocycles. The van der Waals surface area contributed by atoms with E-state index in [1.54, 1.807) is 0 Å². The van der Waals surface area contributed by atoms with Crippen LogP contribution in [0.25, 0.3) is 0 Å². The molecule has 5 nitrogen and oxygen atoms in total. The fraction of sp³-hybridized carbons (Fsp3) is 0.611. The molecule has 0 aliphatic carbocycles. The van der Waals surface area contributed by atoms with Gasteiger partial charge in [-0.1, -0.05) is 29.8 Å². The van der Waals surface area contributed by atoms with Crippen molar-refractivity contribution in [3.63, 3.8) is 0 Å². The molecule has 2 fully saturated rings. The van der Waals surface area contributed by atoms with Crippen LogP contribution < -0.4 is 5.32 Å². The first-order chi connectivity index (χ1) is 11.3. The number of benzene rings is 1.